The van der Waals surface area contributed by atoms with Crippen LogP contribution in [0.5, 0.6) is 0 Å². The van der Waals surface area contributed by atoms with Gasteiger partial charge in [0.25, 0.3) is 0 Å². The molecule has 0 saturated heterocycles. The topological polar surface area (TPSA) is 12.0 Å². The fraction of sp³-hybridized carbons (Fsp3) is 0.400. The number of hydrogen-bond donors (Lipinski definition) is 1. The van der Waals surface area contributed by atoms with E-state index < -0.39 is 0 Å². The molecule has 58 valence electrons. The number of nitrogens with one attached hydrogen (secondary N) is 1. The molecule has 0 aromatic heterocycles. The summed E-state index contributed by atoms with van der Waals surface area (Å²) in [6.07, 6.45) is 1.18. The van der Waals surface area contributed by atoms with Gasteiger partial charge >= 0.3 is 0 Å². The molecule has 0 aliphatic carbocycles. The smallest absolute Gasteiger partial charge is 0.0210 e. The Labute approximate surface area is 67.4 Å². The minimum absolute atomic E-state index is 0.643. The average Bonchev–Trinajstić information content (AvgIpc) is 2.04. The van der Waals surface area contributed by atoms with Crippen molar-refractivity contribution in [1.82, 2.24) is 5.32 Å². The van der Waals surface area contributed by atoms with Gasteiger partial charge in [-0.3, -0.25) is 0 Å². The zero-order chi connectivity index (χ0) is 7.68. The van der Waals surface area contributed by atoms with E-state index in [0.29, 0.717) is 6.04 Å². The summed E-state index contributed by atoms with van der Waals surface area (Å²) in [5, 5.41) is 3.44. The summed E-state index contributed by atoms with van der Waals surface area (Å²) in [6.45, 7) is 3.27. The Hall–Kier alpha value is -0.820. The van der Waals surface area contributed by atoms with E-state index in [1.807, 2.05) is 0 Å². The molecule has 0 bridgehead atoms. The number of fused-ring (bicyclic) bond motifs is 1. The maximum Gasteiger partial charge on any atom is 0.0210 e. The third-order valence-electron chi connectivity index (χ3n) is 2.29. The van der Waals surface area contributed by atoms with E-state index in [0.717, 1.165) is 6.54 Å². The molecular formula is C10H13N. The molecule has 0 saturated carbocycles. The van der Waals surface area contributed by atoms with Crippen LogP contribution in [0.1, 0.15) is 18.1 Å². The summed E-state index contributed by atoms with van der Waals surface area (Å²) in [4.78, 5) is 0. The van der Waals surface area contributed by atoms with Crippen molar-refractivity contribution in [3.8, 4) is 0 Å². The predicted molar refractivity (Wildman–Crippen MR) is 46.4 cm³/mol. The van der Waals surface area contributed by atoms with Crippen molar-refractivity contribution in [1.29, 1.82) is 0 Å². The van der Waals surface area contributed by atoms with Crippen LogP contribution in [-0.2, 0) is 13.0 Å². The van der Waals surface area contributed by atoms with Gasteiger partial charge in [0.1, 0.15) is 0 Å². The van der Waals surface area contributed by atoms with E-state index in [9.17, 15) is 0 Å². The van der Waals surface area contributed by atoms with E-state index in [2.05, 4.69) is 36.5 Å². The SMILES string of the molecule is C[C@@H]1Cc2ccccc2CN1. The van der Waals surface area contributed by atoms with Crippen molar-refractivity contribution in [3.05, 3.63) is 35.4 Å². The van der Waals surface area contributed by atoms with Crippen LogP contribution in [0.2, 0.25) is 0 Å². The Bertz CT molecular complexity index is 255. The van der Waals surface area contributed by atoms with E-state index in [4.69, 9.17) is 0 Å². The van der Waals surface area contributed by atoms with Crippen LogP contribution in [0, 0.1) is 0 Å². The lowest BCUT2D eigenvalue weighted by Crippen LogP contribution is -2.32. The second-order valence-electron chi connectivity index (χ2n) is 3.25. The molecule has 0 unspecified atom stereocenters. The molecule has 0 radical (unpaired) electrons. The highest BCUT2D eigenvalue weighted by Crippen LogP contribution is 2.15. The number of benzene rings is 1. The van der Waals surface area contributed by atoms with Crippen LogP contribution in [0.25, 0.3) is 0 Å². The molecule has 1 heteroatoms. The first kappa shape index (κ1) is 6.86. The van der Waals surface area contributed by atoms with Gasteiger partial charge in [-0.25, -0.2) is 0 Å². The Morgan fingerprint density at radius 1 is 1.27 bits per heavy atom. The van der Waals surface area contributed by atoms with Crippen molar-refractivity contribution < 1.29 is 0 Å². The van der Waals surface area contributed by atoms with Crippen molar-refractivity contribution in [2.45, 2.75) is 25.9 Å². The van der Waals surface area contributed by atoms with Crippen LogP contribution in [0.3, 0.4) is 0 Å². The molecule has 1 aromatic carbocycles. The number of rotatable bonds is 0. The van der Waals surface area contributed by atoms with Crippen molar-refractivity contribution in [2.75, 3.05) is 0 Å². The molecule has 0 fully saturated rings. The van der Waals surface area contributed by atoms with Crippen LogP contribution in [-0.4, -0.2) is 6.04 Å². The zero-order valence-corrected chi connectivity index (χ0v) is 6.80. The van der Waals surface area contributed by atoms with Gasteiger partial charge in [0, 0.05) is 12.6 Å². The molecule has 0 spiro atoms. The third kappa shape index (κ3) is 1.29. The highest BCUT2D eigenvalue weighted by molar-refractivity contribution is 5.29. The van der Waals surface area contributed by atoms with Crippen LogP contribution in [0.15, 0.2) is 24.3 Å². The molecule has 1 aliphatic rings. The van der Waals surface area contributed by atoms with Crippen LogP contribution < -0.4 is 5.32 Å². The normalized spacial score (nSPS) is 22.8. The lowest BCUT2D eigenvalue weighted by molar-refractivity contribution is 0.513. The standard InChI is InChI=1S/C10H13N/c1-8-6-9-4-2-3-5-10(9)7-11-8/h2-5,8,11H,6-7H2,1H3/t8-/m1/s1. The Kier molecular flexibility index (Phi) is 1.66. The lowest BCUT2D eigenvalue weighted by atomic mass is 9.97. The van der Waals surface area contributed by atoms with Crippen LogP contribution >= 0.6 is 0 Å². The minimum atomic E-state index is 0.643. The molecule has 1 nitrogen and oxygen atoms in total. The van der Waals surface area contributed by atoms with E-state index in [1.54, 1.807) is 0 Å². The highest BCUT2D eigenvalue weighted by Gasteiger charge is 2.12. The van der Waals surface area contributed by atoms with Gasteiger partial charge in [-0.05, 0) is 24.5 Å². The first-order valence-corrected chi connectivity index (χ1v) is 4.16. The summed E-state index contributed by atoms with van der Waals surface area (Å²) < 4.78 is 0. The van der Waals surface area contributed by atoms with Gasteiger partial charge < -0.3 is 5.32 Å². The molecule has 1 atom stereocenters. The van der Waals surface area contributed by atoms with E-state index in [1.165, 1.54) is 17.5 Å². The summed E-state index contributed by atoms with van der Waals surface area (Å²) >= 11 is 0. The zero-order valence-electron chi connectivity index (χ0n) is 6.80. The van der Waals surface area contributed by atoms with Crippen molar-refractivity contribution in [2.24, 2.45) is 0 Å². The highest BCUT2D eigenvalue weighted by atomic mass is 14.9. The molecule has 2 rings (SSSR count). The average molecular weight is 147 g/mol. The largest absolute Gasteiger partial charge is 0.310 e. The second-order valence-corrected chi connectivity index (χ2v) is 3.25. The predicted octanol–water partition coefficient (Wildman–Crippen LogP) is 1.72. The van der Waals surface area contributed by atoms with Gasteiger partial charge in [-0.2, -0.15) is 0 Å². The van der Waals surface area contributed by atoms with Crippen molar-refractivity contribution >= 4 is 0 Å². The summed E-state index contributed by atoms with van der Waals surface area (Å²) in [6, 6.07) is 9.30. The third-order valence-corrected chi connectivity index (χ3v) is 2.29. The molecule has 11 heavy (non-hydrogen) atoms. The van der Waals surface area contributed by atoms with Crippen molar-refractivity contribution in [3.63, 3.8) is 0 Å². The molecular weight excluding hydrogens is 134 g/mol. The van der Waals surface area contributed by atoms with Gasteiger partial charge in [-0.1, -0.05) is 24.3 Å². The Balaban J connectivity index is 2.34. The van der Waals surface area contributed by atoms with Crippen LogP contribution in [0.4, 0.5) is 0 Å². The quantitative estimate of drug-likeness (QED) is 0.589. The first-order valence-electron chi connectivity index (χ1n) is 4.16. The van der Waals surface area contributed by atoms with E-state index in [-0.39, 0.29) is 0 Å². The van der Waals surface area contributed by atoms with Gasteiger partial charge in [-0.15, -0.1) is 0 Å². The Morgan fingerprint density at radius 2 is 2.00 bits per heavy atom. The maximum atomic E-state index is 3.44. The first-order chi connectivity index (χ1) is 5.36. The number of hydrogen-bond acceptors (Lipinski definition) is 1. The molecule has 1 aromatic rings. The monoisotopic (exact) mass is 147 g/mol. The fourth-order valence-electron chi connectivity index (χ4n) is 1.62. The summed E-state index contributed by atoms with van der Waals surface area (Å²) in [7, 11) is 0. The second kappa shape index (κ2) is 2.67. The van der Waals surface area contributed by atoms with Gasteiger partial charge in [0.2, 0.25) is 0 Å². The molecule has 0 amide bonds. The van der Waals surface area contributed by atoms with Gasteiger partial charge in [0.05, 0.1) is 0 Å². The molecule has 1 N–H and O–H groups in total. The molecule has 1 heterocycles. The fourth-order valence-corrected chi connectivity index (χ4v) is 1.62. The Morgan fingerprint density at radius 3 is 2.82 bits per heavy atom. The minimum Gasteiger partial charge on any atom is -0.310 e. The lowest BCUT2D eigenvalue weighted by Gasteiger charge is -2.22. The van der Waals surface area contributed by atoms with Gasteiger partial charge in [0.15, 0.2) is 0 Å². The van der Waals surface area contributed by atoms with E-state index >= 15 is 0 Å². The summed E-state index contributed by atoms with van der Waals surface area (Å²) in [5.74, 6) is 0. The summed E-state index contributed by atoms with van der Waals surface area (Å²) in [5.41, 5.74) is 2.98. The molecule has 1 aliphatic heterocycles. The maximum absolute atomic E-state index is 3.44.